The first-order valence-corrected chi connectivity index (χ1v) is 8.43. The lowest BCUT2D eigenvalue weighted by molar-refractivity contribution is 0.216. The van der Waals surface area contributed by atoms with Crippen LogP contribution in [0.3, 0.4) is 0 Å². The third-order valence-corrected chi connectivity index (χ3v) is 4.28. The third-order valence-electron chi connectivity index (χ3n) is 4.04. The molecular formula is C20H21ClN2O. The highest BCUT2D eigenvalue weighted by Crippen LogP contribution is 2.27. The molecule has 124 valence electrons. The summed E-state index contributed by atoms with van der Waals surface area (Å²) >= 11 is 6.00. The quantitative estimate of drug-likeness (QED) is 0.674. The predicted octanol–water partition coefficient (Wildman–Crippen LogP) is 5.41. The van der Waals surface area contributed by atoms with Crippen molar-refractivity contribution in [2.75, 3.05) is 0 Å². The van der Waals surface area contributed by atoms with Crippen molar-refractivity contribution in [3.8, 4) is 5.75 Å². The van der Waals surface area contributed by atoms with E-state index in [1.165, 1.54) is 5.56 Å². The maximum atomic E-state index is 6.05. The van der Waals surface area contributed by atoms with Gasteiger partial charge in [0, 0.05) is 17.1 Å². The van der Waals surface area contributed by atoms with E-state index < -0.39 is 0 Å². The number of rotatable bonds is 5. The number of H-pyrrole nitrogens is 1. The fourth-order valence-corrected chi connectivity index (χ4v) is 2.89. The van der Waals surface area contributed by atoms with Gasteiger partial charge in [0.05, 0.1) is 5.69 Å². The molecule has 1 heterocycles. The van der Waals surface area contributed by atoms with Crippen LogP contribution in [-0.2, 0) is 6.42 Å². The molecule has 1 atom stereocenters. The Morgan fingerprint density at radius 1 is 1.12 bits per heavy atom. The van der Waals surface area contributed by atoms with E-state index in [-0.39, 0.29) is 6.10 Å². The maximum Gasteiger partial charge on any atom is 0.153 e. The number of hydrogen-bond acceptors (Lipinski definition) is 2. The Morgan fingerprint density at radius 2 is 1.88 bits per heavy atom. The minimum absolute atomic E-state index is 0.159. The van der Waals surface area contributed by atoms with E-state index in [2.05, 4.69) is 24.0 Å². The van der Waals surface area contributed by atoms with Crippen LogP contribution in [0.5, 0.6) is 5.75 Å². The van der Waals surface area contributed by atoms with Crippen molar-refractivity contribution in [2.24, 2.45) is 0 Å². The normalized spacial score (nSPS) is 12.2. The Labute approximate surface area is 147 Å². The van der Waals surface area contributed by atoms with Crippen LogP contribution in [0.1, 0.15) is 41.4 Å². The van der Waals surface area contributed by atoms with Crippen LogP contribution < -0.4 is 4.74 Å². The third kappa shape index (κ3) is 3.80. The van der Waals surface area contributed by atoms with Gasteiger partial charge in [-0.2, -0.15) is 0 Å². The Kier molecular flexibility index (Phi) is 4.91. The molecule has 3 aromatic rings. The lowest BCUT2D eigenvalue weighted by Crippen LogP contribution is -2.06. The Hall–Kier alpha value is -2.26. The van der Waals surface area contributed by atoms with Gasteiger partial charge in [-0.3, -0.25) is 0 Å². The van der Waals surface area contributed by atoms with Crippen LogP contribution in [0.25, 0.3) is 0 Å². The van der Waals surface area contributed by atoms with Crippen molar-refractivity contribution in [2.45, 2.75) is 33.3 Å². The number of ether oxygens (including phenoxy) is 1. The molecule has 0 radical (unpaired) electrons. The number of hydrogen-bond donors (Lipinski definition) is 1. The lowest BCUT2D eigenvalue weighted by Gasteiger charge is -2.14. The molecule has 0 aliphatic heterocycles. The SMILES string of the molecule is Cc1cc(Cl)ccc1OC(C)c1nc(Cc2ccccc2)c(C)[nH]1. The summed E-state index contributed by atoms with van der Waals surface area (Å²) < 4.78 is 6.05. The first-order valence-electron chi connectivity index (χ1n) is 8.05. The molecular weight excluding hydrogens is 320 g/mol. The van der Waals surface area contributed by atoms with Gasteiger partial charge in [0.1, 0.15) is 11.6 Å². The monoisotopic (exact) mass is 340 g/mol. The van der Waals surface area contributed by atoms with E-state index >= 15 is 0 Å². The van der Waals surface area contributed by atoms with Gasteiger partial charge >= 0.3 is 0 Å². The maximum absolute atomic E-state index is 6.05. The van der Waals surface area contributed by atoms with Crippen LogP contribution in [0, 0.1) is 13.8 Å². The molecule has 0 aliphatic carbocycles. The first kappa shape index (κ1) is 16.6. The van der Waals surface area contributed by atoms with E-state index in [0.717, 1.165) is 34.9 Å². The molecule has 0 bridgehead atoms. The van der Waals surface area contributed by atoms with Gasteiger partial charge in [-0.25, -0.2) is 4.98 Å². The molecule has 0 spiro atoms. The van der Waals surface area contributed by atoms with E-state index in [9.17, 15) is 0 Å². The smallest absolute Gasteiger partial charge is 0.153 e. The number of halogens is 1. The highest BCUT2D eigenvalue weighted by molar-refractivity contribution is 6.30. The molecule has 0 saturated heterocycles. The van der Waals surface area contributed by atoms with Gasteiger partial charge < -0.3 is 9.72 Å². The number of aryl methyl sites for hydroxylation is 2. The molecule has 24 heavy (non-hydrogen) atoms. The fraction of sp³-hybridized carbons (Fsp3) is 0.250. The second-order valence-corrected chi connectivity index (χ2v) is 6.46. The molecule has 3 nitrogen and oxygen atoms in total. The molecule has 0 amide bonds. The molecule has 0 aliphatic rings. The topological polar surface area (TPSA) is 37.9 Å². The van der Waals surface area contributed by atoms with Crippen molar-refractivity contribution in [1.82, 2.24) is 9.97 Å². The number of nitrogens with one attached hydrogen (secondary N) is 1. The van der Waals surface area contributed by atoms with Crippen molar-refractivity contribution in [1.29, 1.82) is 0 Å². The largest absolute Gasteiger partial charge is 0.483 e. The summed E-state index contributed by atoms with van der Waals surface area (Å²) in [5.41, 5.74) is 4.40. The van der Waals surface area contributed by atoms with Gasteiger partial charge in [-0.1, -0.05) is 41.9 Å². The summed E-state index contributed by atoms with van der Waals surface area (Å²) in [6.45, 7) is 6.04. The van der Waals surface area contributed by atoms with Crippen molar-refractivity contribution in [3.05, 3.63) is 81.9 Å². The zero-order valence-electron chi connectivity index (χ0n) is 14.1. The molecule has 2 aromatic carbocycles. The van der Waals surface area contributed by atoms with E-state index in [4.69, 9.17) is 21.3 Å². The molecule has 1 unspecified atom stereocenters. The fourth-order valence-electron chi connectivity index (χ4n) is 2.67. The number of benzene rings is 2. The summed E-state index contributed by atoms with van der Waals surface area (Å²) in [4.78, 5) is 8.10. The summed E-state index contributed by atoms with van der Waals surface area (Å²) in [7, 11) is 0. The predicted molar refractivity (Wildman–Crippen MR) is 97.8 cm³/mol. The Bertz CT molecular complexity index is 827. The average molecular weight is 341 g/mol. The van der Waals surface area contributed by atoms with Crippen LogP contribution in [0.4, 0.5) is 0 Å². The molecule has 0 saturated carbocycles. The lowest BCUT2D eigenvalue weighted by atomic mass is 10.1. The highest BCUT2D eigenvalue weighted by Gasteiger charge is 2.15. The standard InChI is InChI=1S/C20H21ClN2O/c1-13-11-17(21)9-10-19(13)24-15(3)20-22-14(2)18(23-20)12-16-7-5-4-6-8-16/h4-11,15H,12H2,1-3H3,(H,22,23). The molecule has 0 fully saturated rings. The first-order chi connectivity index (χ1) is 11.5. The zero-order valence-corrected chi connectivity index (χ0v) is 14.9. The Balaban J connectivity index is 1.76. The van der Waals surface area contributed by atoms with E-state index in [0.29, 0.717) is 5.02 Å². The minimum atomic E-state index is -0.159. The molecule has 1 N–H and O–H groups in total. The highest BCUT2D eigenvalue weighted by atomic mass is 35.5. The van der Waals surface area contributed by atoms with E-state index in [1.807, 2.05) is 50.2 Å². The molecule has 1 aromatic heterocycles. The van der Waals surface area contributed by atoms with Crippen molar-refractivity contribution >= 4 is 11.6 Å². The van der Waals surface area contributed by atoms with Gasteiger partial charge in [0.25, 0.3) is 0 Å². The Morgan fingerprint density at radius 3 is 2.58 bits per heavy atom. The van der Waals surface area contributed by atoms with Gasteiger partial charge in [-0.15, -0.1) is 0 Å². The second-order valence-electron chi connectivity index (χ2n) is 6.03. The zero-order chi connectivity index (χ0) is 17.1. The summed E-state index contributed by atoms with van der Waals surface area (Å²) in [6, 6.07) is 16.0. The van der Waals surface area contributed by atoms with Crippen LogP contribution >= 0.6 is 11.6 Å². The van der Waals surface area contributed by atoms with Gasteiger partial charge in [0.2, 0.25) is 0 Å². The number of nitrogens with zero attached hydrogens (tertiary/aromatic N) is 1. The van der Waals surface area contributed by atoms with Crippen molar-refractivity contribution < 1.29 is 4.74 Å². The molecule has 3 rings (SSSR count). The van der Waals surface area contributed by atoms with Gasteiger partial charge in [0.15, 0.2) is 6.10 Å². The minimum Gasteiger partial charge on any atom is -0.483 e. The number of imidazole rings is 1. The van der Waals surface area contributed by atoms with Gasteiger partial charge in [-0.05, 0) is 50.1 Å². The summed E-state index contributed by atoms with van der Waals surface area (Å²) in [5, 5.41) is 0.714. The second kappa shape index (κ2) is 7.10. The van der Waals surface area contributed by atoms with Crippen LogP contribution in [-0.4, -0.2) is 9.97 Å². The van der Waals surface area contributed by atoms with E-state index in [1.54, 1.807) is 0 Å². The summed E-state index contributed by atoms with van der Waals surface area (Å²) in [5.74, 6) is 1.67. The van der Waals surface area contributed by atoms with Crippen LogP contribution in [0.15, 0.2) is 48.5 Å². The number of aromatic amines is 1. The molecule has 4 heteroatoms. The van der Waals surface area contributed by atoms with Crippen LogP contribution in [0.2, 0.25) is 5.02 Å². The average Bonchev–Trinajstić information content (AvgIpc) is 2.92. The number of aromatic nitrogens is 2. The summed E-state index contributed by atoms with van der Waals surface area (Å²) in [6.07, 6.45) is 0.656. The van der Waals surface area contributed by atoms with Crippen molar-refractivity contribution in [3.63, 3.8) is 0 Å².